The average molecular weight is 454 g/mol. The van der Waals surface area contributed by atoms with Crippen molar-refractivity contribution in [2.75, 3.05) is 35.8 Å². The number of aromatic nitrogens is 2. The number of benzene rings is 1. The third-order valence-corrected chi connectivity index (χ3v) is 6.96. The van der Waals surface area contributed by atoms with E-state index in [1.54, 1.807) is 24.2 Å². The van der Waals surface area contributed by atoms with Crippen molar-refractivity contribution in [3.63, 3.8) is 0 Å². The van der Waals surface area contributed by atoms with Gasteiger partial charge in [0, 0.05) is 19.6 Å². The zero-order valence-electron chi connectivity index (χ0n) is 19.6. The molecule has 0 radical (unpaired) electrons. The molecule has 2 aromatic rings. The number of nitrogens with one attached hydrogen (secondary N) is 1. The van der Waals surface area contributed by atoms with Crippen LogP contribution in [0.4, 0.5) is 23.1 Å². The van der Waals surface area contributed by atoms with E-state index in [2.05, 4.69) is 22.1 Å². The van der Waals surface area contributed by atoms with E-state index in [-0.39, 0.29) is 11.5 Å². The van der Waals surface area contributed by atoms with Crippen LogP contribution in [-0.2, 0) is 4.79 Å². The van der Waals surface area contributed by atoms with Gasteiger partial charge < -0.3 is 25.0 Å². The van der Waals surface area contributed by atoms with Crippen LogP contribution in [0.3, 0.4) is 0 Å². The van der Waals surface area contributed by atoms with Crippen LogP contribution in [-0.4, -0.2) is 53.7 Å². The van der Waals surface area contributed by atoms with Crippen LogP contribution in [0.1, 0.15) is 56.3 Å². The molecule has 33 heavy (non-hydrogen) atoms. The predicted octanol–water partition coefficient (Wildman–Crippen LogP) is 4.07. The molecule has 9 heteroatoms. The number of methoxy groups -OCH3 is 1. The summed E-state index contributed by atoms with van der Waals surface area (Å²) in [4.78, 5) is 37.9. The van der Waals surface area contributed by atoms with Crippen LogP contribution in [0.25, 0.3) is 0 Å². The van der Waals surface area contributed by atoms with E-state index in [9.17, 15) is 14.7 Å². The van der Waals surface area contributed by atoms with Gasteiger partial charge in [0.15, 0.2) is 5.82 Å². The normalized spacial score (nSPS) is 21.0. The lowest BCUT2D eigenvalue weighted by atomic mass is 9.85. The number of carbonyl (C=O) groups is 2. The number of anilines is 4. The third-order valence-electron chi connectivity index (χ3n) is 6.96. The fourth-order valence-corrected chi connectivity index (χ4v) is 4.74. The largest absolute Gasteiger partial charge is 0.495 e. The van der Waals surface area contributed by atoms with Gasteiger partial charge in [-0.15, -0.1) is 0 Å². The molecule has 1 amide bonds. The van der Waals surface area contributed by atoms with E-state index in [0.717, 1.165) is 25.1 Å². The first-order valence-electron chi connectivity index (χ1n) is 11.4. The van der Waals surface area contributed by atoms with Crippen molar-refractivity contribution in [2.24, 2.45) is 5.41 Å². The Balaban J connectivity index is 1.75. The Morgan fingerprint density at radius 1 is 1.33 bits per heavy atom. The molecular formula is C24H31N5O4. The van der Waals surface area contributed by atoms with Crippen LogP contribution < -0.4 is 19.9 Å². The Kier molecular flexibility index (Phi) is 6.14. The Labute approximate surface area is 193 Å². The Hall–Kier alpha value is -3.36. The van der Waals surface area contributed by atoms with Crippen LogP contribution >= 0.6 is 0 Å². The number of ether oxygens (including phenoxy) is 1. The monoisotopic (exact) mass is 453 g/mol. The Morgan fingerprint density at radius 3 is 2.70 bits per heavy atom. The molecule has 0 saturated heterocycles. The van der Waals surface area contributed by atoms with Gasteiger partial charge in [0.2, 0.25) is 11.9 Å². The molecule has 1 saturated carbocycles. The van der Waals surface area contributed by atoms with Gasteiger partial charge in [-0.05, 0) is 44.4 Å². The predicted molar refractivity (Wildman–Crippen MR) is 127 cm³/mol. The molecule has 0 spiro atoms. The minimum atomic E-state index is -1.03. The van der Waals surface area contributed by atoms with Crippen molar-refractivity contribution in [3.05, 3.63) is 30.0 Å². The molecule has 0 bridgehead atoms. The molecule has 1 aliphatic heterocycles. The number of carbonyl (C=O) groups excluding carboxylic acids is 1. The number of carboxylic acid groups (broad SMARTS) is 1. The molecule has 176 valence electrons. The van der Waals surface area contributed by atoms with E-state index in [4.69, 9.17) is 9.72 Å². The number of hydrogen-bond acceptors (Lipinski definition) is 7. The van der Waals surface area contributed by atoms with Crippen molar-refractivity contribution in [3.8, 4) is 5.75 Å². The molecule has 1 aliphatic carbocycles. The Bertz CT molecular complexity index is 1070. The highest BCUT2D eigenvalue weighted by atomic mass is 16.5. The van der Waals surface area contributed by atoms with E-state index < -0.39 is 11.4 Å². The molecule has 1 fully saturated rings. The average Bonchev–Trinajstić information content (AvgIpc) is 3.34. The van der Waals surface area contributed by atoms with Crippen molar-refractivity contribution in [2.45, 2.75) is 52.0 Å². The highest BCUT2D eigenvalue weighted by Gasteiger charge is 2.43. The maximum absolute atomic E-state index is 13.3. The van der Waals surface area contributed by atoms with Gasteiger partial charge in [-0.25, -0.2) is 9.78 Å². The molecule has 9 nitrogen and oxygen atoms in total. The summed E-state index contributed by atoms with van der Waals surface area (Å²) in [6, 6.07) is 4.93. The topological polar surface area (TPSA) is 108 Å². The highest BCUT2D eigenvalue weighted by Crippen LogP contribution is 2.41. The summed E-state index contributed by atoms with van der Waals surface area (Å²) in [6.07, 6.45) is 6.92. The Morgan fingerprint density at radius 2 is 2.06 bits per heavy atom. The maximum atomic E-state index is 13.3. The van der Waals surface area contributed by atoms with Gasteiger partial charge in [-0.1, -0.05) is 19.8 Å². The molecule has 2 N–H and O–H groups in total. The second-order valence-electron chi connectivity index (χ2n) is 9.09. The summed E-state index contributed by atoms with van der Waals surface area (Å²) in [7, 11) is 3.27. The maximum Gasteiger partial charge on any atom is 0.335 e. The minimum absolute atomic E-state index is 0.0713. The first-order chi connectivity index (χ1) is 15.8. The van der Waals surface area contributed by atoms with Crippen LogP contribution in [0.5, 0.6) is 5.75 Å². The van der Waals surface area contributed by atoms with Gasteiger partial charge in [0.1, 0.15) is 11.4 Å². The molecule has 2 heterocycles. The van der Waals surface area contributed by atoms with Crippen molar-refractivity contribution in [1.29, 1.82) is 0 Å². The second kappa shape index (κ2) is 8.88. The molecular weight excluding hydrogens is 422 g/mol. The molecule has 1 aromatic carbocycles. The summed E-state index contributed by atoms with van der Waals surface area (Å²) in [5.41, 5.74) is 0.877. The van der Waals surface area contributed by atoms with Crippen molar-refractivity contribution >= 4 is 35.0 Å². The summed E-state index contributed by atoms with van der Waals surface area (Å²) in [5.74, 6) is 0.529. The molecule has 1 atom stereocenters. The van der Waals surface area contributed by atoms with E-state index in [1.165, 1.54) is 32.1 Å². The first kappa shape index (κ1) is 22.8. The number of hydrogen-bond donors (Lipinski definition) is 2. The molecule has 2 aliphatic rings. The quantitative estimate of drug-likeness (QED) is 0.674. The summed E-state index contributed by atoms with van der Waals surface area (Å²) in [5, 5.41) is 12.4. The lowest BCUT2D eigenvalue weighted by Gasteiger charge is -2.35. The smallest absolute Gasteiger partial charge is 0.335 e. The number of aromatic carboxylic acids is 1. The van der Waals surface area contributed by atoms with E-state index in [0.29, 0.717) is 35.7 Å². The standard InChI is InChI=1S/C24H31N5O4/c1-5-24(2)14-29(16-8-6-7-9-16)20-18(28(3)22(24)32)13-25-23(27-20)26-17-11-10-15(21(30)31)12-19(17)33-4/h10-13,16H,5-9,14H2,1-4H3,(H,30,31)(H,25,26,27)/t24-/m0/s1. The van der Waals surface area contributed by atoms with E-state index in [1.807, 2.05) is 6.92 Å². The van der Waals surface area contributed by atoms with Crippen molar-refractivity contribution in [1.82, 2.24) is 9.97 Å². The zero-order valence-corrected chi connectivity index (χ0v) is 19.6. The van der Waals surface area contributed by atoms with Gasteiger partial charge >= 0.3 is 5.97 Å². The number of carboxylic acids is 1. The van der Waals surface area contributed by atoms with E-state index >= 15 is 0 Å². The van der Waals surface area contributed by atoms with Gasteiger partial charge in [0.05, 0.1) is 30.0 Å². The molecule has 4 rings (SSSR count). The SMILES string of the molecule is CC[C@@]1(C)CN(C2CCCC2)c2nc(Nc3ccc(C(=O)O)cc3OC)ncc2N(C)C1=O. The van der Waals surface area contributed by atoms with Gasteiger partial charge in [-0.3, -0.25) is 4.79 Å². The zero-order chi connectivity index (χ0) is 23.8. The summed E-state index contributed by atoms with van der Waals surface area (Å²) < 4.78 is 5.37. The molecule has 1 aromatic heterocycles. The minimum Gasteiger partial charge on any atom is -0.495 e. The number of rotatable bonds is 6. The van der Waals surface area contributed by atoms with Crippen LogP contribution in [0.15, 0.2) is 24.4 Å². The lowest BCUT2D eigenvalue weighted by Crippen LogP contribution is -2.46. The lowest BCUT2D eigenvalue weighted by molar-refractivity contribution is -0.126. The summed E-state index contributed by atoms with van der Waals surface area (Å²) in [6.45, 7) is 4.69. The fraction of sp³-hybridized carbons (Fsp3) is 0.500. The number of fused-ring (bicyclic) bond motifs is 1. The highest BCUT2D eigenvalue weighted by molar-refractivity contribution is 6.01. The van der Waals surface area contributed by atoms with Crippen LogP contribution in [0.2, 0.25) is 0 Å². The number of nitrogens with zero attached hydrogens (tertiary/aromatic N) is 4. The fourth-order valence-electron chi connectivity index (χ4n) is 4.74. The number of amides is 1. The molecule has 0 unspecified atom stereocenters. The van der Waals surface area contributed by atoms with Gasteiger partial charge in [-0.2, -0.15) is 4.98 Å². The first-order valence-corrected chi connectivity index (χ1v) is 11.4. The third kappa shape index (κ3) is 4.19. The van der Waals surface area contributed by atoms with Crippen molar-refractivity contribution < 1.29 is 19.4 Å². The van der Waals surface area contributed by atoms with Crippen LogP contribution in [0, 0.1) is 5.41 Å². The second-order valence-corrected chi connectivity index (χ2v) is 9.09. The summed E-state index contributed by atoms with van der Waals surface area (Å²) >= 11 is 0. The van der Waals surface area contributed by atoms with Gasteiger partial charge in [0.25, 0.3) is 0 Å².